The predicted octanol–water partition coefficient (Wildman–Crippen LogP) is 0.994. The molecule has 17 heavy (non-hydrogen) atoms. The average Bonchev–Trinajstić information content (AvgIpc) is 2.55. The number of hydrogen-bond donors (Lipinski definition) is 2. The summed E-state index contributed by atoms with van der Waals surface area (Å²) in [5, 5.41) is 8.84. The van der Waals surface area contributed by atoms with Crippen molar-refractivity contribution in [3.05, 3.63) is 15.6 Å². The standard InChI is InChI=1S/C10H19N3O2S2/c1-3-5-8-9(6-12-4-2)16-10(13-8)7-17(11,14)15/h12H,3-7H2,1-2H3,(H2,11,14,15). The molecule has 0 spiro atoms. The Bertz CT molecular complexity index is 454. The van der Waals surface area contributed by atoms with Gasteiger partial charge in [-0.05, 0) is 13.0 Å². The molecule has 0 bridgehead atoms. The molecule has 1 aromatic rings. The summed E-state index contributed by atoms with van der Waals surface area (Å²) in [7, 11) is -3.49. The third kappa shape index (κ3) is 5.12. The molecule has 0 aliphatic rings. The van der Waals surface area contributed by atoms with Crippen molar-refractivity contribution in [2.45, 2.75) is 39.0 Å². The molecule has 0 amide bonds. The summed E-state index contributed by atoms with van der Waals surface area (Å²) in [5.41, 5.74) is 0.997. The maximum atomic E-state index is 11.0. The van der Waals surface area contributed by atoms with Gasteiger partial charge in [-0.25, -0.2) is 18.5 Å². The smallest absolute Gasteiger partial charge is 0.215 e. The zero-order valence-corrected chi connectivity index (χ0v) is 11.8. The van der Waals surface area contributed by atoms with E-state index in [2.05, 4.69) is 17.2 Å². The van der Waals surface area contributed by atoms with Crippen molar-refractivity contribution < 1.29 is 8.42 Å². The minimum Gasteiger partial charge on any atom is -0.312 e. The molecule has 98 valence electrons. The summed E-state index contributed by atoms with van der Waals surface area (Å²) in [6, 6.07) is 0. The van der Waals surface area contributed by atoms with E-state index in [4.69, 9.17) is 5.14 Å². The van der Waals surface area contributed by atoms with Gasteiger partial charge in [0.15, 0.2) is 0 Å². The van der Waals surface area contributed by atoms with Crippen LogP contribution in [0.4, 0.5) is 0 Å². The molecule has 0 saturated heterocycles. The van der Waals surface area contributed by atoms with Crippen LogP contribution in [0, 0.1) is 0 Å². The van der Waals surface area contributed by atoms with E-state index >= 15 is 0 Å². The molecular formula is C10H19N3O2S2. The molecule has 0 aliphatic heterocycles. The summed E-state index contributed by atoms with van der Waals surface area (Å²) in [5.74, 6) is -0.166. The highest BCUT2D eigenvalue weighted by molar-refractivity contribution is 7.88. The molecule has 7 heteroatoms. The molecule has 5 nitrogen and oxygen atoms in total. The molecule has 1 heterocycles. The predicted molar refractivity (Wildman–Crippen MR) is 70.3 cm³/mol. The molecule has 0 saturated carbocycles. The first-order chi connectivity index (χ1) is 7.96. The largest absolute Gasteiger partial charge is 0.312 e. The van der Waals surface area contributed by atoms with Gasteiger partial charge >= 0.3 is 0 Å². The number of sulfonamides is 1. The summed E-state index contributed by atoms with van der Waals surface area (Å²) in [6.07, 6.45) is 1.87. The Balaban J connectivity index is 2.86. The first-order valence-corrected chi connectivity index (χ1v) is 8.18. The number of nitrogens with two attached hydrogens (primary N) is 1. The molecule has 0 fully saturated rings. The van der Waals surface area contributed by atoms with Crippen LogP contribution in [0.25, 0.3) is 0 Å². The highest BCUT2D eigenvalue weighted by Gasteiger charge is 2.14. The van der Waals surface area contributed by atoms with Gasteiger partial charge in [-0.15, -0.1) is 11.3 Å². The molecule has 1 aromatic heterocycles. The Kier molecular flexibility index (Phi) is 5.51. The third-order valence-electron chi connectivity index (χ3n) is 2.17. The molecule has 0 aliphatic carbocycles. The number of nitrogens with zero attached hydrogens (tertiary/aromatic N) is 1. The molecule has 3 N–H and O–H groups in total. The Hall–Kier alpha value is -0.500. The van der Waals surface area contributed by atoms with Gasteiger partial charge < -0.3 is 5.32 Å². The zero-order valence-electron chi connectivity index (χ0n) is 10.2. The van der Waals surface area contributed by atoms with E-state index < -0.39 is 10.0 Å². The Morgan fingerprint density at radius 3 is 2.65 bits per heavy atom. The van der Waals surface area contributed by atoms with Crippen molar-refractivity contribution in [1.29, 1.82) is 0 Å². The molecular weight excluding hydrogens is 258 g/mol. The van der Waals surface area contributed by atoms with Crippen LogP contribution in [0.5, 0.6) is 0 Å². The normalized spacial score (nSPS) is 11.9. The number of rotatable bonds is 7. The van der Waals surface area contributed by atoms with Crippen molar-refractivity contribution >= 4 is 21.4 Å². The third-order valence-corrected chi connectivity index (χ3v) is 4.13. The average molecular weight is 277 g/mol. The Morgan fingerprint density at radius 1 is 1.41 bits per heavy atom. The molecule has 0 unspecified atom stereocenters. The SMILES string of the molecule is CCCc1nc(CS(N)(=O)=O)sc1CNCC. The number of aryl methyl sites for hydroxylation is 1. The van der Waals surface area contributed by atoms with Gasteiger partial charge in [-0.1, -0.05) is 20.3 Å². The van der Waals surface area contributed by atoms with Crippen LogP contribution in [-0.2, 0) is 28.7 Å². The van der Waals surface area contributed by atoms with Crippen LogP contribution < -0.4 is 10.5 Å². The first-order valence-electron chi connectivity index (χ1n) is 5.65. The summed E-state index contributed by atoms with van der Waals surface area (Å²) in [4.78, 5) is 5.48. The van der Waals surface area contributed by atoms with Gasteiger partial charge in [0.2, 0.25) is 10.0 Å². The second kappa shape index (κ2) is 6.44. The summed E-state index contributed by atoms with van der Waals surface area (Å²) >= 11 is 1.43. The van der Waals surface area contributed by atoms with E-state index in [0.29, 0.717) is 5.01 Å². The molecule has 1 rings (SSSR count). The van der Waals surface area contributed by atoms with Crippen molar-refractivity contribution in [1.82, 2.24) is 10.3 Å². The second-order valence-electron chi connectivity index (χ2n) is 3.82. The van der Waals surface area contributed by atoms with Crippen molar-refractivity contribution in [2.75, 3.05) is 6.54 Å². The number of aromatic nitrogens is 1. The lowest BCUT2D eigenvalue weighted by molar-refractivity contribution is 0.597. The van der Waals surface area contributed by atoms with E-state index in [1.807, 2.05) is 6.92 Å². The highest BCUT2D eigenvalue weighted by Crippen LogP contribution is 2.21. The number of hydrogen-bond acceptors (Lipinski definition) is 5. The van der Waals surface area contributed by atoms with Crippen LogP contribution in [0.1, 0.15) is 35.8 Å². The van der Waals surface area contributed by atoms with Crippen LogP contribution in [-0.4, -0.2) is 19.9 Å². The number of thiazole rings is 1. The quantitative estimate of drug-likeness (QED) is 0.778. The van der Waals surface area contributed by atoms with Gasteiger partial charge in [0, 0.05) is 11.4 Å². The van der Waals surface area contributed by atoms with Gasteiger partial charge in [-0.2, -0.15) is 0 Å². The van der Waals surface area contributed by atoms with Crippen LogP contribution in [0.2, 0.25) is 0 Å². The summed E-state index contributed by atoms with van der Waals surface area (Å²) < 4.78 is 22.0. The fraction of sp³-hybridized carbons (Fsp3) is 0.700. The van der Waals surface area contributed by atoms with Gasteiger partial charge in [0.05, 0.1) is 5.69 Å². The van der Waals surface area contributed by atoms with E-state index in [1.165, 1.54) is 11.3 Å². The lowest BCUT2D eigenvalue weighted by Gasteiger charge is -2.00. The molecule has 0 atom stereocenters. The molecule has 0 aromatic carbocycles. The fourth-order valence-corrected chi connectivity index (χ4v) is 3.50. The van der Waals surface area contributed by atoms with E-state index in [9.17, 15) is 8.42 Å². The van der Waals surface area contributed by atoms with Crippen LogP contribution >= 0.6 is 11.3 Å². The monoisotopic (exact) mass is 277 g/mol. The van der Waals surface area contributed by atoms with Gasteiger partial charge in [0.1, 0.15) is 10.8 Å². The van der Waals surface area contributed by atoms with Gasteiger partial charge in [0.25, 0.3) is 0 Å². The lowest BCUT2D eigenvalue weighted by Crippen LogP contribution is -2.14. The van der Waals surface area contributed by atoms with Crippen LogP contribution in [0.3, 0.4) is 0 Å². The Labute approximate surface area is 106 Å². The van der Waals surface area contributed by atoms with E-state index in [1.54, 1.807) is 0 Å². The second-order valence-corrected chi connectivity index (χ2v) is 6.60. The minimum absolute atomic E-state index is 0.166. The molecule has 0 radical (unpaired) electrons. The zero-order chi connectivity index (χ0) is 12.9. The first kappa shape index (κ1) is 14.6. The van der Waals surface area contributed by atoms with E-state index in [0.717, 1.165) is 36.5 Å². The van der Waals surface area contributed by atoms with Crippen molar-refractivity contribution in [3.63, 3.8) is 0 Å². The maximum absolute atomic E-state index is 11.0. The van der Waals surface area contributed by atoms with Crippen molar-refractivity contribution in [2.24, 2.45) is 5.14 Å². The van der Waals surface area contributed by atoms with Crippen molar-refractivity contribution in [3.8, 4) is 0 Å². The highest BCUT2D eigenvalue weighted by atomic mass is 32.2. The van der Waals surface area contributed by atoms with Crippen LogP contribution in [0.15, 0.2) is 0 Å². The Morgan fingerprint density at radius 2 is 2.12 bits per heavy atom. The maximum Gasteiger partial charge on any atom is 0.215 e. The fourth-order valence-electron chi connectivity index (χ4n) is 1.48. The van der Waals surface area contributed by atoms with E-state index in [-0.39, 0.29) is 5.75 Å². The summed E-state index contributed by atoms with van der Waals surface area (Å²) in [6.45, 7) is 5.74. The topological polar surface area (TPSA) is 85.1 Å². The number of nitrogens with one attached hydrogen (secondary N) is 1. The lowest BCUT2D eigenvalue weighted by atomic mass is 10.2. The minimum atomic E-state index is -3.49. The van der Waals surface area contributed by atoms with Gasteiger partial charge in [-0.3, -0.25) is 0 Å². The number of primary sulfonamides is 1.